The van der Waals surface area contributed by atoms with Gasteiger partial charge < -0.3 is 34.7 Å². The van der Waals surface area contributed by atoms with E-state index in [4.69, 9.17) is 18.9 Å². The number of ether oxygens (including phenoxy) is 4. The van der Waals surface area contributed by atoms with E-state index in [0.717, 1.165) is 18.4 Å². The van der Waals surface area contributed by atoms with Gasteiger partial charge in [0.1, 0.15) is 18.3 Å². The number of urea groups is 1. The number of benzene rings is 1. The van der Waals surface area contributed by atoms with Crippen LogP contribution in [0.15, 0.2) is 24.3 Å². The summed E-state index contributed by atoms with van der Waals surface area (Å²) in [6.45, 7) is 8.27. The third-order valence-corrected chi connectivity index (χ3v) is 7.33. The topological polar surface area (TPSA) is 115 Å². The largest absolute Gasteiger partial charge is 0.481 e. The normalized spacial score (nSPS) is 24.3. The zero-order valence-corrected chi connectivity index (χ0v) is 24.1. The van der Waals surface area contributed by atoms with Crippen molar-refractivity contribution in [1.29, 1.82) is 0 Å². The summed E-state index contributed by atoms with van der Waals surface area (Å²) in [5.74, 6) is -1.92. The fourth-order valence-corrected chi connectivity index (χ4v) is 5.32. The van der Waals surface area contributed by atoms with Gasteiger partial charge >= 0.3 is 12.0 Å². The molecule has 220 valence electrons. The zero-order chi connectivity index (χ0) is 28.3. The van der Waals surface area contributed by atoms with Crippen LogP contribution in [0.2, 0.25) is 0 Å². The molecule has 0 bridgehead atoms. The van der Waals surface area contributed by atoms with Crippen molar-refractivity contribution in [3.63, 3.8) is 0 Å². The Morgan fingerprint density at radius 3 is 2.23 bits per heavy atom. The molecule has 2 saturated heterocycles. The van der Waals surface area contributed by atoms with E-state index in [1.165, 1.54) is 51.4 Å². The number of carbonyl (C=O) groups is 2. The van der Waals surface area contributed by atoms with Gasteiger partial charge in [-0.25, -0.2) is 4.79 Å². The summed E-state index contributed by atoms with van der Waals surface area (Å²) in [6.07, 6.45) is 9.49. The van der Waals surface area contributed by atoms with E-state index in [-0.39, 0.29) is 6.42 Å². The molecule has 0 saturated carbocycles. The molecular weight excluding hydrogens is 500 g/mol. The Morgan fingerprint density at radius 1 is 0.974 bits per heavy atom. The first-order valence-electron chi connectivity index (χ1n) is 14.7. The maximum absolute atomic E-state index is 12.8. The average molecular weight is 549 g/mol. The van der Waals surface area contributed by atoms with E-state index in [1.54, 1.807) is 6.07 Å². The van der Waals surface area contributed by atoms with E-state index in [0.29, 0.717) is 12.3 Å². The van der Waals surface area contributed by atoms with Crippen LogP contribution in [0.4, 0.5) is 10.5 Å². The highest BCUT2D eigenvalue weighted by molar-refractivity contribution is 5.90. The number of carbonyl (C=O) groups excluding carboxylic acids is 1. The summed E-state index contributed by atoms with van der Waals surface area (Å²) < 4.78 is 24.5. The Kier molecular flexibility index (Phi) is 12.5. The maximum atomic E-state index is 12.8. The quantitative estimate of drug-likeness (QED) is 0.200. The van der Waals surface area contributed by atoms with Gasteiger partial charge in [0, 0.05) is 12.3 Å². The number of anilines is 1. The Morgan fingerprint density at radius 2 is 1.59 bits per heavy atom. The van der Waals surface area contributed by atoms with Gasteiger partial charge in [-0.3, -0.25) is 4.79 Å². The number of hydrogen-bond donors (Lipinski definition) is 3. The second kappa shape index (κ2) is 15.6. The highest BCUT2D eigenvalue weighted by Gasteiger charge is 2.58. The van der Waals surface area contributed by atoms with Crippen molar-refractivity contribution in [3.8, 4) is 0 Å². The van der Waals surface area contributed by atoms with Crippen molar-refractivity contribution in [2.45, 2.75) is 135 Å². The van der Waals surface area contributed by atoms with Crippen molar-refractivity contribution in [3.05, 3.63) is 29.8 Å². The number of fused-ring (bicyclic) bond motifs is 1. The van der Waals surface area contributed by atoms with Crippen LogP contribution in [0.3, 0.4) is 0 Å². The number of unbranched alkanes of at least 4 members (excludes halogenated alkanes) is 9. The minimum atomic E-state index is -1.05. The number of nitrogens with one attached hydrogen (secondary N) is 2. The highest BCUT2D eigenvalue weighted by Crippen LogP contribution is 2.40. The van der Waals surface area contributed by atoms with Crippen molar-refractivity contribution >= 4 is 17.7 Å². The summed E-state index contributed by atoms with van der Waals surface area (Å²) in [5, 5.41) is 15.2. The van der Waals surface area contributed by atoms with E-state index in [9.17, 15) is 14.7 Å². The van der Waals surface area contributed by atoms with Crippen LogP contribution in [0.1, 0.15) is 97.0 Å². The lowest BCUT2D eigenvalue weighted by molar-refractivity contribution is -0.236. The summed E-state index contributed by atoms with van der Waals surface area (Å²) in [5.41, 5.74) is 1.54. The molecule has 2 heterocycles. The minimum absolute atomic E-state index is 0.329. The first-order valence-corrected chi connectivity index (χ1v) is 14.7. The lowest BCUT2D eigenvalue weighted by Gasteiger charge is -2.29. The van der Waals surface area contributed by atoms with Crippen molar-refractivity contribution < 1.29 is 33.6 Å². The number of aliphatic carboxylic acids is 1. The molecule has 3 rings (SSSR count). The highest BCUT2D eigenvalue weighted by atomic mass is 16.8. The summed E-state index contributed by atoms with van der Waals surface area (Å²) in [7, 11) is 0. The van der Waals surface area contributed by atoms with Crippen LogP contribution in [-0.2, 0) is 23.7 Å². The Hall–Kier alpha value is -2.20. The molecule has 1 aromatic carbocycles. The number of hydrogen-bond acceptors (Lipinski definition) is 6. The fraction of sp³-hybridized carbons (Fsp3) is 0.733. The molecule has 5 atom stereocenters. The van der Waals surface area contributed by atoms with Crippen LogP contribution in [0.5, 0.6) is 0 Å². The maximum Gasteiger partial charge on any atom is 0.319 e. The van der Waals surface area contributed by atoms with Gasteiger partial charge in [0.25, 0.3) is 0 Å². The second-order valence-electron chi connectivity index (χ2n) is 11.2. The molecule has 2 aliphatic heterocycles. The van der Waals surface area contributed by atoms with Gasteiger partial charge in [-0.2, -0.15) is 0 Å². The van der Waals surface area contributed by atoms with Crippen LogP contribution in [0, 0.1) is 6.92 Å². The molecule has 2 amide bonds. The average Bonchev–Trinajstić information content (AvgIpc) is 3.36. The first-order chi connectivity index (χ1) is 18.7. The third kappa shape index (κ3) is 10.0. The monoisotopic (exact) mass is 548 g/mol. The molecule has 0 unspecified atom stereocenters. The van der Waals surface area contributed by atoms with E-state index < -0.39 is 48.4 Å². The van der Waals surface area contributed by atoms with Crippen LogP contribution < -0.4 is 10.6 Å². The number of aryl methyl sites for hydroxylation is 1. The fourth-order valence-electron chi connectivity index (χ4n) is 5.32. The number of para-hydroxylation sites is 1. The number of amides is 2. The minimum Gasteiger partial charge on any atom is -0.481 e. The van der Waals surface area contributed by atoms with Gasteiger partial charge in [-0.1, -0.05) is 82.9 Å². The summed E-state index contributed by atoms with van der Waals surface area (Å²) >= 11 is 0. The smallest absolute Gasteiger partial charge is 0.319 e. The zero-order valence-electron chi connectivity index (χ0n) is 24.1. The molecular formula is C30H48N2O7. The molecule has 2 fully saturated rings. The number of carboxylic acids is 1. The van der Waals surface area contributed by atoms with Gasteiger partial charge in [0.2, 0.25) is 0 Å². The first kappa shape index (κ1) is 31.3. The Labute approximate surface area is 233 Å². The predicted octanol–water partition coefficient (Wildman–Crippen LogP) is 6.14. The molecule has 0 spiro atoms. The van der Waals surface area contributed by atoms with Gasteiger partial charge in [-0.15, -0.1) is 0 Å². The molecule has 0 aliphatic carbocycles. The van der Waals surface area contributed by atoms with Crippen molar-refractivity contribution in [2.75, 3.05) is 11.9 Å². The van der Waals surface area contributed by atoms with Crippen LogP contribution in [-0.4, -0.2) is 60.1 Å². The predicted molar refractivity (Wildman–Crippen MR) is 150 cm³/mol. The van der Waals surface area contributed by atoms with Crippen LogP contribution in [0.25, 0.3) is 0 Å². The van der Waals surface area contributed by atoms with Gasteiger partial charge in [-0.05, 0) is 38.8 Å². The van der Waals surface area contributed by atoms with Crippen molar-refractivity contribution in [1.82, 2.24) is 5.32 Å². The lowest BCUT2D eigenvalue weighted by Crippen LogP contribution is -2.51. The number of carboxylic acid groups (broad SMARTS) is 1. The second-order valence-corrected chi connectivity index (χ2v) is 11.2. The number of rotatable bonds is 17. The summed E-state index contributed by atoms with van der Waals surface area (Å²) in [6, 6.07) is 6.03. The molecule has 0 aromatic heterocycles. The molecule has 1 aromatic rings. The van der Waals surface area contributed by atoms with E-state index in [2.05, 4.69) is 17.6 Å². The van der Waals surface area contributed by atoms with Crippen LogP contribution >= 0.6 is 0 Å². The Bertz CT molecular complexity index is 909. The molecule has 39 heavy (non-hydrogen) atoms. The lowest BCUT2D eigenvalue weighted by atomic mass is 10.0. The summed E-state index contributed by atoms with van der Waals surface area (Å²) in [4.78, 5) is 24.5. The molecule has 0 radical (unpaired) electrons. The SMILES string of the molecule is CCCCCCCCCCCCO[C@H]1O[C@H]([C@@H](CC(=O)O)NC(=O)Nc2ccccc2C)[C@@H]2OC(C)(C)O[C@H]12. The molecule has 9 heteroatoms. The molecule has 9 nitrogen and oxygen atoms in total. The van der Waals surface area contributed by atoms with E-state index >= 15 is 0 Å². The van der Waals surface area contributed by atoms with Gasteiger partial charge in [0.05, 0.1) is 12.5 Å². The molecule has 3 N–H and O–H groups in total. The van der Waals surface area contributed by atoms with E-state index in [1.807, 2.05) is 39.0 Å². The van der Waals surface area contributed by atoms with Gasteiger partial charge in [0.15, 0.2) is 12.1 Å². The Balaban J connectivity index is 1.51. The van der Waals surface area contributed by atoms with Crippen molar-refractivity contribution in [2.24, 2.45) is 0 Å². The molecule has 2 aliphatic rings. The third-order valence-electron chi connectivity index (χ3n) is 7.33. The standard InChI is InChI=1S/C30H48N2O7/c1-5-6-7-8-9-10-11-12-13-16-19-36-28-27-26(38-30(3,4)39-27)25(37-28)23(20-24(33)34)32-29(35)31-22-18-15-14-17-21(22)2/h14-15,17-18,23,25-28H,5-13,16,19-20H2,1-4H3,(H,33,34)(H2,31,32,35)/t23-,25-,26+,27+,28+/m1/s1.